The molecule has 1 amide bonds. The summed E-state index contributed by atoms with van der Waals surface area (Å²) in [7, 11) is 0. The number of nitrogens with zero attached hydrogens (tertiary/aromatic N) is 3. The molecule has 0 bridgehead atoms. The van der Waals surface area contributed by atoms with Crippen molar-refractivity contribution in [3.05, 3.63) is 64.2 Å². The Labute approximate surface area is 204 Å². The number of nitrogens with one attached hydrogen (secondary N) is 3. The van der Waals surface area contributed by atoms with E-state index in [4.69, 9.17) is 4.74 Å². The van der Waals surface area contributed by atoms with Crippen LogP contribution in [0.2, 0.25) is 0 Å². The van der Waals surface area contributed by atoms with Crippen LogP contribution in [-0.4, -0.2) is 54.5 Å². The zero-order valence-electron chi connectivity index (χ0n) is 19.4. The first kappa shape index (κ1) is 22.4. The van der Waals surface area contributed by atoms with Gasteiger partial charge in [-0.3, -0.25) is 19.1 Å². The zero-order valence-corrected chi connectivity index (χ0v) is 19.4. The maximum absolute atomic E-state index is 12.8. The number of aromatic amines is 1. The number of hydrogen-bond donors (Lipinski definition) is 5. The molecule has 184 valence electrons. The summed E-state index contributed by atoms with van der Waals surface area (Å²) in [6, 6.07) is 12.0. The van der Waals surface area contributed by atoms with Gasteiger partial charge in [0.1, 0.15) is 12.3 Å². The fraction of sp³-hybridized carbons (Fsp3) is 0.280. The van der Waals surface area contributed by atoms with Crippen molar-refractivity contribution >= 4 is 34.4 Å². The Morgan fingerprint density at radius 1 is 1.22 bits per heavy atom. The molecule has 0 spiro atoms. The van der Waals surface area contributed by atoms with Crippen LogP contribution in [-0.2, 0) is 16.0 Å². The van der Waals surface area contributed by atoms with Gasteiger partial charge >= 0.3 is 0 Å². The molecular weight excluding hydrogens is 464 g/mol. The fourth-order valence-electron chi connectivity index (χ4n) is 4.95. The van der Waals surface area contributed by atoms with E-state index in [1.165, 1.54) is 18.8 Å². The lowest BCUT2D eigenvalue weighted by Crippen LogP contribution is -2.24. The lowest BCUT2D eigenvalue weighted by molar-refractivity contribution is -0.114. The monoisotopic (exact) mass is 488 g/mol. The highest BCUT2D eigenvalue weighted by Crippen LogP contribution is 2.41. The summed E-state index contributed by atoms with van der Waals surface area (Å²) in [6.45, 7) is 1.12. The smallest absolute Gasteiger partial charge is 0.280 e. The van der Waals surface area contributed by atoms with E-state index >= 15 is 0 Å². The van der Waals surface area contributed by atoms with Gasteiger partial charge in [0.2, 0.25) is 11.9 Å². The zero-order chi connectivity index (χ0) is 25.0. The quantitative estimate of drug-likeness (QED) is 0.252. The lowest BCUT2D eigenvalue weighted by Gasteiger charge is -2.16. The summed E-state index contributed by atoms with van der Waals surface area (Å²) in [5.41, 5.74) is 5.53. The maximum Gasteiger partial charge on any atom is 0.280 e. The van der Waals surface area contributed by atoms with Gasteiger partial charge in [-0.25, -0.2) is 4.98 Å². The first-order chi connectivity index (χ1) is 17.4. The van der Waals surface area contributed by atoms with Crippen LogP contribution in [0.15, 0.2) is 47.5 Å². The molecule has 1 saturated heterocycles. The lowest BCUT2D eigenvalue weighted by atomic mass is 10.0. The first-order valence-electron chi connectivity index (χ1n) is 11.6. The highest BCUT2D eigenvalue weighted by atomic mass is 16.5. The van der Waals surface area contributed by atoms with Crippen LogP contribution < -0.4 is 16.2 Å². The van der Waals surface area contributed by atoms with Crippen LogP contribution in [0.1, 0.15) is 30.7 Å². The summed E-state index contributed by atoms with van der Waals surface area (Å²) in [5, 5.41) is 25.6. The molecule has 0 radical (unpaired) electrons. The number of fused-ring (bicyclic) bond motifs is 4. The number of carbonyl (C=O) groups is 1. The molecule has 1 fully saturated rings. The van der Waals surface area contributed by atoms with Gasteiger partial charge in [-0.1, -0.05) is 24.3 Å². The average Bonchev–Trinajstić information content (AvgIpc) is 3.53. The van der Waals surface area contributed by atoms with E-state index in [-0.39, 0.29) is 36.0 Å². The van der Waals surface area contributed by atoms with Crippen LogP contribution in [0, 0.1) is 0 Å². The number of hydrogen-bond acceptors (Lipinski definition) is 8. The molecule has 0 unspecified atom stereocenters. The van der Waals surface area contributed by atoms with Crippen molar-refractivity contribution in [3.63, 3.8) is 0 Å². The number of rotatable bonds is 5. The van der Waals surface area contributed by atoms with E-state index in [2.05, 4.69) is 37.7 Å². The van der Waals surface area contributed by atoms with Crippen LogP contribution in [0.5, 0.6) is 0 Å². The van der Waals surface area contributed by atoms with Crippen LogP contribution in [0.25, 0.3) is 22.3 Å². The number of aliphatic hydroxyl groups is 2. The fourth-order valence-corrected chi connectivity index (χ4v) is 4.95. The van der Waals surface area contributed by atoms with Gasteiger partial charge in [0.15, 0.2) is 11.2 Å². The summed E-state index contributed by atoms with van der Waals surface area (Å²) in [4.78, 5) is 36.2. The third-order valence-electron chi connectivity index (χ3n) is 6.62. The van der Waals surface area contributed by atoms with Crippen molar-refractivity contribution in [2.75, 3.05) is 17.2 Å². The number of aliphatic hydroxyl groups excluding tert-OH is 2. The average molecular weight is 489 g/mol. The highest BCUT2D eigenvalue weighted by Gasteiger charge is 2.35. The molecule has 6 rings (SSSR count). The predicted molar refractivity (Wildman–Crippen MR) is 132 cm³/mol. The van der Waals surface area contributed by atoms with Gasteiger partial charge in [0, 0.05) is 13.3 Å². The molecular formula is C25H24N6O5. The standard InChI is InChI=1S/C25H24N6O5/c1-12(33)27-17-7-14-6-13-4-2-3-5-15(13)16(14)8-18(17)28-25-29-23-22(24(35)30-25)26-11-31(23)21-9-19(34)20(10-32)36-21/h2-5,7-8,11,19-21,32,34H,6,9-10H2,1H3,(H,27,33)(H2,28,29,30,35)/t19-,20+,21+/m0/s1. The number of amides is 1. The number of carbonyl (C=O) groups excluding carboxylic acids is 1. The Morgan fingerprint density at radius 3 is 2.83 bits per heavy atom. The Hall–Kier alpha value is -4.06. The summed E-state index contributed by atoms with van der Waals surface area (Å²) >= 11 is 0. The van der Waals surface area contributed by atoms with Gasteiger partial charge in [-0.05, 0) is 40.8 Å². The highest BCUT2D eigenvalue weighted by molar-refractivity contribution is 5.96. The van der Waals surface area contributed by atoms with Gasteiger partial charge < -0.3 is 25.6 Å². The number of benzene rings is 2. The van der Waals surface area contributed by atoms with Crippen LogP contribution in [0.3, 0.4) is 0 Å². The third kappa shape index (κ3) is 3.73. The van der Waals surface area contributed by atoms with Crippen LogP contribution in [0.4, 0.5) is 17.3 Å². The number of imidazole rings is 1. The molecule has 11 heteroatoms. The number of anilines is 3. The number of aromatic nitrogens is 4. The molecule has 1 aliphatic heterocycles. The molecule has 0 saturated carbocycles. The van der Waals surface area contributed by atoms with Crippen molar-refractivity contribution < 1.29 is 19.7 Å². The Bertz CT molecular complexity index is 1560. The molecule has 11 nitrogen and oxygen atoms in total. The SMILES string of the molecule is CC(=O)Nc1cc2c(cc1Nc1nc3c(ncn3[C@H]3C[C@H](O)[C@@H](CO)O3)c(=O)[nH]1)-c1ccccc1C2. The van der Waals surface area contributed by atoms with Crippen molar-refractivity contribution in [2.24, 2.45) is 0 Å². The van der Waals surface area contributed by atoms with Crippen molar-refractivity contribution in [1.82, 2.24) is 19.5 Å². The van der Waals surface area contributed by atoms with E-state index in [1.807, 2.05) is 24.3 Å². The predicted octanol–water partition coefficient (Wildman–Crippen LogP) is 2.03. The molecule has 4 aromatic rings. The van der Waals surface area contributed by atoms with E-state index in [0.29, 0.717) is 11.4 Å². The van der Waals surface area contributed by atoms with Crippen LogP contribution >= 0.6 is 0 Å². The molecule has 2 aliphatic rings. The van der Waals surface area contributed by atoms with E-state index in [0.717, 1.165) is 23.1 Å². The van der Waals surface area contributed by atoms with Gasteiger partial charge in [0.05, 0.1) is 30.4 Å². The Kier molecular flexibility index (Phi) is 5.32. The molecule has 3 heterocycles. The largest absolute Gasteiger partial charge is 0.394 e. The van der Waals surface area contributed by atoms with Gasteiger partial charge in [-0.15, -0.1) is 0 Å². The molecule has 3 atom stereocenters. The van der Waals surface area contributed by atoms with E-state index in [9.17, 15) is 19.8 Å². The minimum absolute atomic E-state index is 0.121. The summed E-state index contributed by atoms with van der Waals surface area (Å²) in [6.07, 6.45) is 0.234. The number of ether oxygens (including phenoxy) is 1. The molecule has 36 heavy (non-hydrogen) atoms. The third-order valence-corrected chi connectivity index (χ3v) is 6.62. The second-order valence-electron chi connectivity index (χ2n) is 9.05. The topological polar surface area (TPSA) is 154 Å². The Balaban J connectivity index is 1.41. The van der Waals surface area contributed by atoms with Crippen molar-refractivity contribution in [2.45, 2.75) is 38.2 Å². The van der Waals surface area contributed by atoms with E-state index in [1.54, 1.807) is 4.57 Å². The second kappa shape index (κ2) is 8.55. The maximum atomic E-state index is 12.8. The van der Waals surface area contributed by atoms with E-state index < -0.39 is 24.0 Å². The van der Waals surface area contributed by atoms with Gasteiger partial charge in [0.25, 0.3) is 5.56 Å². The van der Waals surface area contributed by atoms with Crippen molar-refractivity contribution in [3.8, 4) is 11.1 Å². The minimum Gasteiger partial charge on any atom is -0.394 e. The Morgan fingerprint density at radius 2 is 2.06 bits per heavy atom. The van der Waals surface area contributed by atoms with Crippen molar-refractivity contribution in [1.29, 1.82) is 0 Å². The minimum atomic E-state index is -0.841. The molecule has 1 aliphatic carbocycles. The number of H-pyrrole nitrogens is 1. The summed E-state index contributed by atoms with van der Waals surface area (Å²) < 4.78 is 7.29. The molecule has 2 aromatic heterocycles. The second-order valence-corrected chi connectivity index (χ2v) is 9.05. The molecule has 2 aromatic carbocycles. The normalized spacial score (nSPS) is 20.4. The first-order valence-corrected chi connectivity index (χ1v) is 11.6. The summed E-state index contributed by atoms with van der Waals surface area (Å²) in [5.74, 6) is -0.0665. The molecule has 5 N–H and O–H groups in total. The van der Waals surface area contributed by atoms with Gasteiger partial charge in [-0.2, -0.15) is 4.98 Å².